The number of carbonyl (C=O) groups is 1. The fraction of sp³-hybridized carbons (Fsp3) is 0.857. The van der Waals surface area contributed by atoms with Crippen LogP contribution in [0.1, 0.15) is 26.2 Å². The Morgan fingerprint density at radius 1 is 1.50 bits per heavy atom. The quantitative estimate of drug-likeness (QED) is 0.566. The Morgan fingerprint density at radius 2 is 2.10 bits per heavy atom. The molecular formula is C7H14O3. The summed E-state index contributed by atoms with van der Waals surface area (Å²) in [6.07, 6.45) is 2.16. The second-order valence-corrected chi connectivity index (χ2v) is 2.46. The van der Waals surface area contributed by atoms with Crippen LogP contribution in [0.5, 0.6) is 0 Å². The maximum absolute atomic E-state index is 10.2. The summed E-state index contributed by atoms with van der Waals surface area (Å²) in [4.78, 5) is 10.2. The smallest absolute Gasteiger partial charge is 0.306 e. The normalized spacial score (nSPS) is 13.0. The highest BCUT2D eigenvalue weighted by atomic mass is 16.4. The molecule has 0 amide bonds. The zero-order chi connectivity index (χ0) is 7.98. The molecule has 10 heavy (non-hydrogen) atoms. The molecule has 0 aromatic heterocycles. The van der Waals surface area contributed by atoms with Gasteiger partial charge in [0.2, 0.25) is 0 Å². The van der Waals surface area contributed by atoms with E-state index in [4.69, 9.17) is 10.2 Å². The number of hydrogen-bond acceptors (Lipinski definition) is 2. The summed E-state index contributed by atoms with van der Waals surface area (Å²) < 4.78 is 0. The molecule has 0 spiro atoms. The lowest BCUT2D eigenvalue weighted by atomic mass is 10.1. The van der Waals surface area contributed by atoms with Gasteiger partial charge in [0.05, 0.1) is 5.92 Å². The lowest BCUT2D eigenvalue weighted by molar-refractivity contribution is -0.141. The van der Waals surface area contributed by atoms with Gasteiger partial charge in [-0.2, -0.15) is 0 Å². The molecule has 0 rings (SSSR count). The minimum atomic E-state index is -0.752. The van der Waals surface area contributed by atoms with Crippen molar-refractivity contribution in [2.45, 2.75) is 26.2 Å². The SMILES string of the molecule is CC(CCCCO)C(=O)O. The van der Waals surface area contributed by atoms with Gasteiger partial charge in [0.15, 0.2) is 0 Å². The molecule has 0 aromatic carbocycles. The number of aliphatic hydroxyl groups excluding tert-OH is 1. The van der Waals surface area contributed by atoms with Gasteiger partial charge in [0.1, 0.15) is 0 Å². The van der Waals surface area contributed by atoms with Gasteiger partial charge >= 0.3 is 5.97 Å². The van der Waals surface area contributed by atoms with Crippen molar-refractivity contribution >= 4 is 5.97 Å². The van der Waals surface area contributed by atoms with Crippen molar-refractivity contribution in [3.05, 3.63) is 0 Å². The third-order valence-corrected chi connectivity index (χ3v) is 1.47. The van der Waals surface area contributed by atoms with Gasteiger partial charge < -0.3 is 10.2 Å². The number of carboxylic acids is 1. The monoisotopic (exact) mass is 146 g/mol. The van der Waals surface area contributed by atoms with Crippen LogP contribution in [0.4, 0.5) is 0 Å². The lowest BCUT2D eigenvalue weighted by Gasteiger charge is -2.03. The Hall–Kier alpha value is -0.570. The van der Waals surface area contributed by atoms with Crippen LogP contribution in [-0.2, 0) is 4.79 Å². The molecule has 1 unspecified atom stereocenters. The van der Waals surface area contributed by atoms with Gasteiger partial charge in [-0.05, 0) is 12.8 Å². The molecule has 1 atom stereocenters. The molecule has 0 saturated heterocycles. The maximum Gasteiger partial charge on any atom is 0.306 e. The number of rotatable bonds is 5. The Balaban J connectivity index is 3.21. The maximum atomic E-state index is 10.2. The summed E-state index contributed by atoms with van der Waals surface area (Å²) in [5.74, 6) is -1.02. The van der Waals surface area contributed by atoms with Crippen molar-refractivity contribution < 1.29 is 15.0 Å². The third kappa shape index (κ3) is 4.32. The van der Waals surface area contributed by atoms with E-state index < -0.39 is 5.97 Å². The van der Waals surface area contributed by atoms with Crippen molar-refractivity contribution in [3.63, 3.8) is 0 Å². The predicted octanol–water partition coefficient (Wildman–Crippen LogP) is 0.870. The predicted molar refractivity (Wildman–Crippen MR) is 37.7 cm³/mol. The number of aliphatic hydroxyl groups is 1. The number of carboxylic acid groups (broad SMARTS) is 1. The fourth-order valence-corrected chi connectivity index (χ4v) is 0.686. The first-order chi connectivity index (χ1) is 4.68. The van der Waals surface area contributed by atoms with Crippen molar-refractivity contribution in [1.29, 1.82) is 0 Å². The molecule has 0 radical (unpaired) electrons. The van der Waals surface area contributed by atoms with E-state index in [1.165, 1.54) is 0 Å². The van der Waals surface area contributed by atoms with Crippen molar-refractivity contribution in [1.82, 2.24) is 0 Å². The minimum absolute atomic E-state index is 0.159. The average Bonchev–Trinajstić information content (AvgIpc) is 1.88. The summed E-state index contributed by atoms with van der Waals surface area (Å²) in [5.41, 5.74) is 0. The summed E-state index contributed by atoms with van der Waals surface area (Å²) in [5, 5.41) is 16.8. The van der Waals surface area contributed by atoms with Crippen molar-refractivity contribution in [2.75, 3.05) is 6.61 Å². The molecule has 0 saturated carbocycles. The number of aliphatic carboxylic acids is 1. The van der Waals surface area contributed by atoms with E-state index in [9.17, 15) is 4.79 Å². The summed E-state index contributed by atoms with van der Waals surface area (Å²) in [6.45, 7) is 1.84. The largest absolute Gasteiger partial charge is 0.481 e. The van der Waals surface area contributed by atoms with Crippen LogP contribution < -0.4 is 0 Å². The second-order valence-electron chi connectivity index (χ2n) is 2.46. The molecule has 60 valence electrons. The second kappa shape index (κ2) is 5.23. The summed E-state index contributed by atoms with van der Waals surface area (Å²) in [6, 6.07) is 0. The van der Waals surface area contributed by atoms with E-state index >= 15 is 0 Å². The molecule has 3 nitrogen and oxygen atoms in total. The first-order valence-electron chi connectivity index (χ1n) is 3.52. The molecule has 3 heteroatoms. The molecule has 0 aliphatic rings. The van der Waals surface area contributed by atoms with E-state index in [1.807, 2.05) is 0 Å². The standard InChI is InChI=1S/C7H14O3/c1-6(7(9)10)4-2-3-5-8/h6,8H,2-5H2,1H3,(H,9,10). The first-order valence-corrected chi connectivity index (χ1v) is 3.52. The third-order valence-electron chi connectivity index (χ3n) is 1.47. The highest BCUT2D eigenvalue weighted by molar-refractivity contribution is 5.69. The van der Waals surface area contributed by atoms with Crippen LogP contribution in [0.3, 0.4) is 0 Å². The lowest BCUT2D eigenvalue weighted by Crippen LogP contribution is -2.09. The van der Waals surface area contributed by atoms with Crippen LogP contribution in [0.15, 0.2) is 0 Å². The molecule has 0 aromatic rings. The number of unbranched alkanes of at least 4 members (excludes halogenated alkanes) is 1. The molecule has 0 aliphatic heterocycles. The van der Waals surface area contributed by atoms with E-state index in [1.54, 1.807) is 6.92 Å². The van der Waals surface area contributed by atoms with Gasteiger partial charge in [-0.25, -0.2) is 0 Å². The van der Waals surface area contributed by atoms with Gasteiger partial charge in [-0.1, -0.05) is 13.3 Å². The van der Waals surface area contributed by atoms with Crippen LogP contribution in [0.2, 0.25) is 0 Å². The zero-order valence-corrected chi connectivity index (χ0v) is 6.21. The van der Waals surface area contributed by atoms with Crippen LogP contribution in [-0.4, -0.2) is 22.8 Å². The van der Waals surface area contributed by atoms with Gasteiger partial charge in [0.25, 0.3) is 0 Å². The first kappa shape index (κ1) is 9.43. The molecule has 0 bridgehead atoms. The van der Waals surface area contributed by atoms with Gasteiger partial charge in [-0.15, -0.1) is 0 Å². The van der Waals surface area contributed by atoms with E-state index in [2.05, 4.69) is 0 Å². The van der Waals surface area contributed by atoms with Crippen molar-refractivity contribution in [2.24, 2.45) is 5.92 Å². The van der Waals surface area contributed by atoms with Crippen LogP contribution >= 0.6 is 0 Å². The number of hydrogen-bond donors (Lipinski definition) is 2. The van der Waals surface area contributed by atoms with E-state index in [0.29, 0.717) is 12.8 Å². The van der Waals surface area contributed by atoms with Gasteiger partial charge in [-0.3, -0.25) is 4.79 Å². The van der Waals surface area contributed by atoms with E-state index in [0.717, 1.165) is 6.42 Å². The molecule has 0 heterocycles. The summed E-state index contributed by atoms with van der Waals surface area (Å²) in [7, 11) is 0. The zero-order valence-electron chi connectivity index (χ0n) is 6.21. The molecule has 0 aliphatic carbocycles. The average molecular weight is 146 g/mol. The Kier molecular flexibility index (Phi) is 4.94. The van der Waals surface area contributed by atoms with Gasteiger partial charge in [0, 0.05) is 6.61 Å². The highest BCUT2D eigenvalue weighted by Crippen LogP contribution is 2.06. The fourth-order valence-electron chi connectivity index (χ4n) is 0.686. The van der Waals surface area contributed by atoms with Crippen LogP contribution in [0.25, 0.3) is 0 Å². The van der Waals surface area contributed by atoms with E-state index in [-0.39, 0.29) is 12.5 Å². The molecular weight excluding hydrogens is 132 g/mol. The molecule has 0 fully saturated rings. The Labute approximate surface area is 60.7 Å². The summed E-state index contributed by atoms with van der Waals surface area (Å²) >= 11 is 0. The Bertz CT molecular complexity index is 101. The minimum Gasteiger partial charge on any atom is -0.481 e. The topological polar surface area (TPSA) is 57.5 Å². The molecule has 2 N–H and O–H groups in total. The van der Waals surface area contributed by atoms with Crippen molar-refractivity contribution in [3.8, 4) is 0 Å². The Morgan fingerprint density at radius 3 is 2.50 bits per heavy atom. The highest BCUT2D eigenvalue weighted by Gasteiger charge is 2.08. The van der Waals surface area contributed by atoms with Crippen LogP contribution in [0, 0.1) is 5.92 Å².